The van der Waals surface area contributed by atoms with Gasteiger partial charge >= 0.3 is 0 Å². The van der Waals surface area contributed by atoms with Crippen LogP contribution < -0.4 is 0 Å². The van der Waals surface area contributed by atoms with Crippen molar-refractivity contribution in [1.29, 1.82) is 0 Å². The third-order valence-electron chi connectivity index (χ3n) is 19.0. The summed E-state index contributed by atoms with van der Waals surface area (Å²) >= 11 is 0. The van der Waals surface area contributed by atoms with Crippen LogP contribution in [0.5, 0.6) is 0 Å². The van der Waals surface area contributed by atoms with Gasteiger partial charge in [0.2, 0.25) is 0 Å². The molecule has 0 unspecified atom stereocenters. The number of fused-ring (bicyclic) bond motifs is 14. The molecule has 0 saturated carbocycles. The quantitative estimate of drug-likeness (QED) is 0.151. The maximum Gasteiger partial charge on any atom is 0.160 e. The summed E-state index contributed by atoms with van der Waals surface area (Å²) in [5.41, 5.74) is 28.0. The van der Waals surface area contributed by atoms with Crippen molar-refractivity contribution in [2.75, 3.05) is 0 Å². The van der Waals surface area contributed by atoms with E-state index in [-0.39, 0.29) is 10.8 Å². The highest BCUT2D eigenvalue weighted by Gasteiger charge is 2.40. The second kappa shape index (κ2) is 21.6. The summed E-state index contributed by atoms with van der Waals surface area (Å²) in [7, 11) is 0. The van der Waals surface area contributed by atoms with Crippen LogP contribution in [0.4, 0.5) is 0 Å². The maximum absolute atomic E-state index is 6.92. The van der Waals surface area contributed by atoms with Crippen molar-refractivity contribution in [3.8, 4) is 112 Å². The molecule has 16 aromatic rings. The van der Waals surface area contributed by atoms with Crippen LogP contribution in [0.1, 0.15) is 49.9 Å². The Morgan fingerprint density at radius 2 is 0.554 bits per heavy atom. The predicted octanol–water partition coefficient (Wildman–Crippen LogP) is 22.7. The highest BCUT2D eigenvalue weighted by atomic mass is 16.3. The van der Waals surface area contributed by atoms with Crippen LogP contribution in [0.2, 0.25) is 0 Å². The van der Waals surface area contributed by atoms with Gasteiger partial charge in [-0.05, 0) is 74.8 Å². The number of hydrogen-bond acceptors (Lipinski definition) is 6. The molecule has 0 radical (unpaired) electrons. The van der Waals surface area contributed by atoms with Crippen molar-refractivity contribution in [2.24, 2.45) is 0 Å². The monoisotopic (exact) mass is 1180 g/mol. The molecule has 0 fully saturated rings. The van der Waals surface area contributed by atoms with Crippen LogP contribution in [-0.2, 0) is 10.8 Å². The van der Waals surface area contributed by atoms with E-state index in [1.165, 1.54) is 44.5 Å². The molecule has 12 aromatic carbocycles. The van der Waals surface area contributed by atoms with Gasteiger partial charge in [0.05, 0.1) is 22.8 Å². The van der Waals surface area contributed by atoms with E-state index in [0.717, 1.165) is 122 Å². The van der Waals surface area contributed by atoms with Crippen molar-refractivity contribution in [2.45, 2.75) is 38.5 Å². The van der Waals surface area contributed by atoms with E-state index in [1.807, 2.05) is 72.8 Å². The standard InChI is InChI=1S/2C43H30N2O/c1-43(2)36-22-10-9-19-32(36)33-23-24-35-34-21-12-20-31(40(34)46-41(35)39(33)43)29-17-11-18-30(25-29)38-26-37(27-13-5-3-6-14-27)44-42(45-38)28-15-7-4-8-16-28;1-43(2)36-19-10-9-16-32(36)33-24-25-35-34-18-11-17-31(40(34)46-41(35)39(33)43)27-20-22-29(23-21-27)38-26-37(28-12-5-3-6-13-28)44-42(45-38)30-14-7-4-8-15-30/h2*3-26H,1-2H3. The summed E-state index contributed by atoms with van der Waals surface area (Å²) in [5.74, 6) is 1.42. The number of rotatable bonds is 8. The second-order valence-electron chi connectivity index (χ2n) is 25.2. The Kier molecular flexibility index (Phi) is 12.8. The number of hydrogen-bond donors (Lipinski definition) is 0. The van der Waals surface area contributed by atoms with Gasteiger partial charge in [-0.1, -0.05) is 289 Å². The highest BCUT2D eigenvalue weighted by molar-refractivity contribution is 6.14. The molecule has 0 saturated heterocycles. The van der Waals surface area contributed by atoms with E-state index in [9.17, 15) is 0 Å². The Balaban J connectivity index is 0.000000141. The lowest BCUT2D eigenvalue weighted by atomic mass is 9.82. The van der Waals surface area contributed by atoms with Gasteiger partial charge in [0.1, 0.15) is 22.3 Å². The van der Waals surface area contributed by atoms with Gasteiger partial charge in [-0.2, -0.15) is 0 Å². The molecule has 6 heteroatoms. The van der Waals surface area contributed by atoms with Gasteiger partial charge in [-0.3, -0.25) is 0 Å². The van der Waals surface area contributed by atoms with Crippen molar-refractivity contribution in [1.82, 2.24) is 19.9 Å². The Labute approximate surface area is 533 Å². The van der Waals surface area contributed by atoms with Crippen LogP contribution in [0.15, 0.2) is 300 Å². The molecule has 0 bridgehead atoms. The Morgan fingerprint density at radius 3 is 1.01 bits per heavy atom. The number of nitrogens with zero attached hydrogens (tertiary/aromatic N) is 4. The van der Waals surface area contributed by atoms with Crippen LogP contribution in [-0.4, -0.2) is 19.9 Å². The van der Waals surface area contributed by atoms with Crippen LogP contribution in [0.25, 0.3) is 156 Å². The molecule has 0 atom stereocenters. The summed E-state index contributed by atoms with van der Waals surface area (Å²) in [5, 5.41) is 4.59. The third kappa shape index (κ3) is 9.00. The number of para-hydroxylation sites is 2. The Morgan fingerprint density at radius 1 is 0.228 bits per heavy atom. The summed E-state index contributed by atoms with van der Waals surface area (Å²) in [6, 6.07) is 102. The van der Waals surface area contributed by atoms with E-state index in [2.05, 4.69) is 246 Å². The fourth-order valence-corrected chi connectivity index (χ4v) is 14.5. The maximum atomic E-state index is 6.92. The second-order valence-corrected chi connectivity index (χ2v) is 25.2. The van der Waals surface area contributed by atoms with Crippen molar-refractivity contribution >= 4 is 43.9 Å². The lowest BCUT2D eigenvalue weighted by Gasteiger charge is -2.21. The summed E-state index contributed by atoms with van der Waals surface area (Å²) in [6.07, 6.45) is 0. The van der Waals surface area contributed by atoms with Crippen LogP contribution in [0, 0.1) is 0 Å². The lowest BCUT2D eigenvalue weighted by molar-refractivity contribution is 0.620. The first-order valence-electron chi connectivity index (χ1n) is 31.5. The molecule has 0 spiro atoms. The summed E-state index contributed by atoms with van der Waals surface area (Å²) in [6.45, 7) is 9.24. The zero-order valence-electron chi connectivity index (χ0n) is 51.3. The molecular weight excluding hydrogens is 1120 g/mol. The minimum Gasteiger partial charge on any atom is -0.455 e. The van der Waals surface area contributed by atoms with Gasteiger partial charge in [-0.15, -0.1) is 0 Å². The summed E-state index contributed by atoms with van der Waals surface area (Å²) in [4.78, 5) is 20.0. The molecule has 6 nitrogen and oxygen atoms in total. The first-order valence-corrected chi connectivity index (χ1v) is 31.5. The van der Waals surface area contributed by atoms with Crippen molar-refractivity contribution in [3.05, 3.63) is 313 Å². The topological polar surface area (TPSA) is 77.8 Å². The third-order valence-corrected chi connectivity index (χ3v) is 19.0. The molecule has 0 aliphatic heterocycles. The zero-order valence-corrected chi connectivity index (χ0v) is 51.3. The van der Waals surface area contributed by atoms with Crippen molar-refractivity contribution < 1.29 is 8.83 Å². The average Bonchev–Trinajstić information content (AvgIpc) is 1.56. The molecule has 2 aliphatic carbocycles. The molecule has 4 aromatic heterocycles. The highest BCUT2D eigenvalue weighted by Crippen LogP contribution is 2.55. The fourth-order valence-electron chi connectivity index (χ4n) is 14.5. The molecule has 92 heavy (non-hydrogen) atoms. The molecule has 2 aliphatic rings. The Hall–Kier alpha value is -11.6. The van der Waals surface area contributed by atoms with E-state index in [0.29, 0.717) is 11.6 Å². The molecule has 0 N–H and O–H groups in total. The first kappa shape index (κ1) is 54.5. The largest absolute Gasteiger partial charge is 0.455 e. The number of benzene rings is 12. The first-order chi connectivity index (χ1) is 45.1. The lowest BCUT2D eigenvalue weighted by Crippen LogP contribution is -2.15. The van der Waals surface area contributed by atoms with E-state index >= 15 is 0 Å². The smallest absolute Gasteiger partial charge is 0.160 e. The molecule has 0 amide bonds. The van der Waals surface area contributed by atoms with Crippen molar-refractivity contribution in [3.63, 3.8) is 0 Å². The molecule has 436 valence electrons. The van der Waals surface area contributed by atoms with Crippen LogP contribution in [0.3, 0.4) is 0 Å². The molecule has 4 heterocycles. The normalized spacial score (nSPS) is 13.2. The predicted molar refractivity (Wildman–Crippen MR) is 377 cm³/mol. The van der Waals surface area contributed by atoms with Crippen LogP contribution >= 0.6 is 0 Å². The minimum absolute atomic E-state index is 0.143. The van der Waals surface area contributed by atoms with E-state index < -0.39 is 0 Å². The zero-order chi connectivity index (χ0) is 61.7. The van der Waals surface area contributed by atoms with E-state index in [4.69, 9.17) is 28.8 Å². The Bertz CT molecular complexity index is 5440. The number of aromatic nitrogens is 4. The molecular formula is C86H60N4O2. The van der Waals surface area contributed by atoms with Gasteiger partial charge in [0.15, 0.2) is 11.6 Å². The molecule has 18 rings (SSSR count). The summed E-state index contributed by atoms with van der Waals surface area (Å²) < 4.78 is 13.8. The van der Waals surface area contributed by atoms with E-state index in [1.54, 1.807) is 0 Å². The van der Waals surface area contributed by atoms with Gasteiger partial charge in [0.25, 0.3) is 0 Å². The van der Waals surface area contributed by atoms with Gasteiger partial charge < -0.3 is 8.83 Å². The minimum atomic E-state index is -0.153. The number of furan rings is 2. The van der Waals surface area contributed by atoms with Gasteiger partial charge in [0, 0.05) is 88.0 Å². The van der Waals surface area contributed by atoms with Gasteiger partial charge in [-0.25, -0.2) is 19.9 Å². The SMILES string of the molecule is CC1(C)c2ccccc2-c2ccc3c(oc4c(-c5ccc(-c6cc(-c7ccccc7)nc(-c7ccccc7)n6)cc5)cccc43)c21.CC1(C)c2ccccc2-c2ccc3c(oc4c(-c5cccc(-c6cc(-c7ccccc7)nc(-c7ccccc7)n6)c5)cccc43)c21. The fraction of sp³-hybridized carbons (Fsp3) is 0.0698. The average molecular weight is 1180 g/mol.